The quantitative estimate of drug-likeness (QED) is 0.784. The average Bonchev–Trinajstić information content (AvgIpc) is 3.45. The first kappa shape index (κ1) is 19.3. The maximum Gasteiger partial charge on any atom is 0.296 e. The zero-order valence-electron chi connectivity index (χ0n) is 17.1. The van der Waals surface area contributed by atoms with E-state index in [4.69, 9.17) is 0 Å². The molecule has 4 heteroatoms. The van der Waals surface area contributed by atoms with E-state index < -0.39 is 0 Å². The molecule has 26 heavy (non-hydrogen) atoms. The molecule has 0 radical (unpaired) electrons. The summed E-state index contributed by atoms with van der Waals surface area (Å²) in [6, 6.07) is 0. The number of carbonyl (C=O) groups is 2. The van der Waals surface area contributed by atoms with Gasteiger partial charge in [-0.25, -0.2) is 0 Å². The lowest BCUT2D eigenvalue weighted by molar-refractivity contribution is -0.143. The second-order valence-corrected chi connectivity index (χ2v) is 10.2. The standard InChI is InChI=1S/C22H34N2O2/c1-20(2,3)11-8-18(25)23-22(12-13-22)17-9-14-24(15-10-17)19(26)21(4,5)16-6-7-16/h16-17H,6-7,9-10,12-15H2,1-5H3,(H,23,25). The largest absolute Gasteiger partial charge is 0.342 e. The summed E-state index contributed by atoms with van der Waals surface area (Å²) in [4.78, 5) is 27.2. The lowest BCUT2D eigenvalue weighted by atomic mass is 9.82. The van der Waals surface area contributed by atoms with Crippen LogP contribution < -0.4 is 5.32 Å². The van der Waals surface area contributed by atoms with E-state index in [-0.39, 0.29) is 22.3 Å². The van der Waals surface area contributed by atoms with Gasteiger partial charge >= 0.3 is 0 Å². The summed E-state index contributed by atoms with van der Waals surface area (Å²) < 4.78 is 0. The van der Waals surface area contributed by atoms with Crippen molar-refractivity contribution in [1.29, 1.82) is 0 Å². The molecule has 1 aliphatic heterocycles. The van der Waals surface area contributed by atoms with E-state index >= 15 is 0 Å². The van der Waals surface area contributed by atoms with Crippen LogP contribution in [0, 0.1) is 34.5 Å². The number of likely N-dealkylation sites (tertiary alicyclic amines) is 1. The zero-order chi connectivity index (χ0) is 19.2. The van der Waals surface area contributed by atoms with E-state index in [0.29, 0.717) is 17.7 Å². The highest BCUT2D eigenvalue weighted by Crippen LogP contribution is 2.49. The third kappa shape index (κ3) is 4.24. The lowest BCUT2D eigenvalue weighted by Crippen LogP contribution is -2.50. The number of amides is 2. The van der Waals surface area contributed by atoms with Crippen LogP contribution in [0.3, 0.4) is 0 Å². The number of nitrogens with zero attached hydrogens (tertiary/aromatic N) is 1. The van der Waals surface area contributed by atoms with Crippen LogP contribution in [-0.2, 0) is 9.59 Å². The topological polar surface area (TPSA) is 49.4 Å². The molecule has 2 aliphatic carbocycles. The van der Waals surface area contributed by atoms with Crippen LogP contribution in [0.15, 0.2) is 0 Å². The minimum absolute atomic E-state index is 0.0647. The molecule has 1 heterocycles. The Bertz CT molecular complexity index is 631. The molecule has 4 nitrogen and oxygen atoms in total. The number of hydrogen-bond acceptors (Lipinski definition) is 2. The van der Waals surface area contributed by atoms with Crippen LogP contribution in [0.5, 0.6) is 0 Å². The number of rotatable bonds is 4. The van der Waals surface area contributed by atoms with Gasteiger partial charge < -0.3 is 10.2 Å². The Kier molecular flexibility index (Phi) is 4.88. The van der Waals surface area contributed by atoms with Gasteiger partial charge in [-0.2, -0.15) is 0 Å². The molecule has 0 unspecified atom stereocenters. The molecular formula is C22H34N2O2. The average molecular weight is 359 g/mol. The first-order valence-corrected chi connectivity index (χ1v) is 10.2. The van der Waals surface area contributed by atoms with Crippen LogP contribution in [0.2, 0.25) is 0 Å². The molecule has 0 atom stereocenters. The number of hydrogen-bond donors (Lipinski definition) is 1. The summed E-state index contributed by atoms with van der Waals surface area (Å²) in [5, 5.41) is 3.20. The van der Waals surface area contributed by atoms with Crippen molar-refractivity contribution in [2.75, 3.05) is 13.1 Å². The fourth-order valence-electron chi connectivity index (χ4n) is 4.29. The van der Waals surface area contributed by atoms with Gasteiger partial charge in [0.25, 0.3) is 5.91 Å². The normalized spacial score (nSPS) is 23.0. The molecule has 0 aromatic rings. The molecule has 144 valence electrons. The monoisotopic (exact) mass is 358 g/mol. The molecule has 1 saturated heterocycles. The third-order valence-electron chi connectivity index (χ3n) is 6.42. The fraction of sp³-hybridized carbons (Fsp3) is 0.818. The Labute approximate surface area is 158 Å². The summed E-state index contributed by atoms with van der Waals surface area (Å²) in [6.45, 7) is 11.9. The predicted molar refractivity (Wildman–Crippen MR) is 103 cm³/mol. The third-order valence-corrected chi connectivity index (χ3v) is 6.42. The summed E-state index contributed by atoms with van der Waals surface area (Å²) in [7, 11) is 0. The van der Waals surface area contributed by atoms with E-state index in [1.54, 1.807) is 0 Å². The molecule has 0 aromatic carbocycles. The summed E-state index contributed by atoms with van der Waals surface area (Å²) in [5.74, 6) is 6.99. The Hall–Kier alpha value is -1.50. The van der Waals surface area contributed by atoms with Crippen molar-refractivity contribution in [2.24, 2.45) is 22.7 Å². The van der Waals surface area contributed by atoms with Gasteiger partial charge in [-0.1, -0.05) is 19.8 Å². The van der Waals surface area contributed by atoms with Crippen molar-refractivity contribution < 1.29 is 9.59 Å². The highest BCUT2D eigenvalue weighted by atomic mass is 16.2. The van der Waals surface area contributed by atoms with Crippen molar-refractivity contribution >= 4 is 11.8 Å². The van der Waals surface area contributed by atoms with Crippen molar-refractivity contribution in [3.05, 3.63) is 0 Å². The van der Waals surface area contributed by atoms with Gasteiger partial charge in [0.2, 0.25) is 5.91 Å². The molecular weight excluding hydrogens is 324 g/mol. The van der Waals surface area contributed by atoms with Gasteiger partial charge in [0.1, 0.15) is 0 Å². The molecule has 3 fully saturated rings. The fourth-order valence-corrected chi connectivity index (χ4v) is 4.29. The first-order chi connectivity index (χ1) is 12.0. The molecule has 0 bridgehead atoms. The zero-order valence-corrected chi connectivity index (χ0v) is 17.1. The Morgan fingerprint density at radius 3 is 2.04 bits per heavy atom. The van der Waals surface area contributed by atoms with Crippen molar-refractivity contribution in [1.82, 2.24) is 10.2 Å². The second-order valence-electron chi connectivity index (χ2n) is 10.2. The highest BCUT2D eigenvalue weighted by Gasteiger charge is 2.52. The van der Waals surface area contributed by atoms with Crippen molar-refractivity contribution in [2.45, 2.75) is 78.7 Å². The van der Waals surface area contributed by atoms with Gasteiger partial charge in [0.15, 0.2) is 0 Å². The molecule has 2 amide bonds. The minimum Gasteiger partial charge on any atom is -0.342 e. The van der Waals surface area contributed by atoms with Crippen LogP contribution in [-0.4, -0.2) is 35.3 Å². The maximum atomic E-state index is 12.9. The number of nitrogens with one attached hydrogen (secondary N) is 1. The Balaban J connectivity index is 1.53. The number of piperidine rings is 1. The number of carbonyl (C=O) groups excluding carboxylic acids is 2. The molecule has 2 saturated carbocycles. The Morgan fingerprint density at radius 1 is 1.00 bits per heavy atom. The van der Waals surface area contributed by atoms with Gasteiger partial charge in [-0.3, -0.25) is 9.59 Å². The minimum atomic E-state index is -0.207. The summed E-state index contributed by atoms with van der Waals surface area (Å²) >= 11 is 0. The van der Waals surface area contributed by atoms with Gasteiger partial charge in [-0.15, -0.1) is 0 Å². The summed E-state index contributed by atoms with van der Waals surface area (Å²) in [6.07, 6.45) is 6.45. The Morgan fingerprint density at radius 2 is 1.58 bits per heavy atom. The van der Waals surface area contributed by atoms with Crippen LogP contribution >= 0.6 is 0 Å². The lowest BCUT2D eigenvalue weighted by Gasteiger charge is -2.39. The molecule has 3 rings (SSSR count). The second kappa shape index (κ2) is 6.59. The van der Waals surface area contributed by atoms with E-state index in [1.165, 1.54) is 12.8 Å². The predicted octanol–water partition coefficient (Wildman–Crippen LogP) is 3.36. The molecule has 0 aromatic heterocycles. The SMILES string of the molecule is CC(C)(C)C#CC(=O)NC1(C2CCN(C(=O)C(C)(C)C3CC3)CC2)CC1. The first-order valence-electron chi connectivity index (χ1n) is 10.2. The maximum absolute atomic E-state index is 12.9. The van der Waals surface area contributed by atoms with Crippen LogP contribution in [0.4, 0.5) is 0 Å². The van der Waals surface area contributed by atoms with E-state index in [0.717, 1.165) is 38.8 Å². The highest BCUT2D eigenvalue weighted by molar-refractivity contribution is 5.94. The van der Waals surface area contributed by atoms with Gasteiger partial charge in [0, 0.05) is 29.5 Å². The molecule has 3 aliphatic rings. The van der Waals surface area contributed by atoms with E-state index in [1.807, 2.05) is 20.8 Å². The van der Waals surface area contributed by atoms with Crippen LogP contribution in [0.25, 0.3) is 0 Å². The van der Waals surface area contributed by atoms with Crippen molar-refractivity contribution in [3.8, 4) is 11.8 Å². The van der Waals surface area contributed by atoms with E-state index in [2.05, 4.69) is 35.9 Å². The van der Waals surface area contributed by atoms with Crippen molar-refractivity contribution in [3.63, 3.8) is 0 Å². The summed E-state index contributed by atoms with van der Waals surface area (Å²) in [5.41, 5.74) is -0.431. The van der Waals surface area contributed by atoms with Gasteiger partial charge in [-0.05, 0) is 77.1 Å². The molecule has 0 spiro atoms. The van der Waals surface area contributed by atoms with Crippen LogP contribution in [0.1, 0.15) is 73.1 Å². The smallest absolute Gasteiger partial charge is 0.296 e. The molecule has 1 N–H and O–H groups in total. The van der Waals surface area contributed by atoms with E-state index in [9.17, 15) is 9.59 Å². The van der Waals surface area contributed by atoms with Gasteiger partial charge in [0.05, 0.1) is 0 Å².